The molecule has 0 bridgehead atoms. The van der Waals surface area contributed by atoms with Gasteiger partial charge in [0.2, 0.25) is 0 Å². The fourth-order valence-corrected chi connectivity index (χ4v) is 2.34. The Morgan fingerprint density at radius 3 is 2.63 bits per heavy atom. The van der Waals surface area contributed by atoms with E-state index in [2.05, 4.69) is 43.1 Å². The third-order valence-corrected chi connectivity index (χ3v) is 3.58. The molecule has 110 valence electrons. The van der Waals surface area contributed by atoms with E-state index >= 15 is 0 Å². The summed E-state index contributed by atoms with van der Waals surface area (Å²) in [6.45, 7) is 10.4. The van der Waals surface area contributed by atoms with Gasteiger partial charge in [0.15, 0.2) is 0 Å². The largest absolute Gasteiger partial charge is 0.315 e. The molecule has 1 aromatic heterocycles. The second-order valence-electron chi connectivity index (χ2n) is 5.52. The van der Waals surface area contributed by atoms with Crippen LogP contribution in [0.5, 0.6) is 0 Å². The molecule has 1 aromatic rings. The van der Waals surface area contributed by atoms with E-state index in [0.29, 0.717) is 5.92 Å². The van der Waals surface area contributed by atoms with Gasteiger partial charge in [-0.25, -0.2) is 0 Å². The maximum Gasteiger partial charge on any atom is 0.0863 e. The van der Waals surface area contributed by atoms with Crippen molar-refractivity contribution in [3.63, 3.8) is 0 Å². The Kier molecular flexibility index (Phi) is 6.83. The number of nitrogens with one attached hydrogen (secondary N) is 1. The summed E-state index contributed by atoms with van der Waals surface area (Å²) in [5.74, 6) is 0.698. The van der Waals surface area contributed by atoms with Crippen LogP contribution in [0, 0.1) is 5.92 Å². The highest BCUT2D eigenvalue weighted by atomic mass is 35.5. The molecule has 0 unspecified atom stereocenters. The zero-order valence-electron chi connectivity index (χ0n) is 12.8. The third kappa shape index (κ3) is 5.13. The van der Waals surface area contributed by atoms with Crippen molar-refractivity contribution in [1.82, 2.24) is 20.0 Å². The monoisotopic (exact) mass is 286 g/mol. The van der Waals surface area contributed by atoms with Crippen molar-refractivity contribution >= 4 is 11.6 Å². The summed E-state index contributed by atoms with van der Waals surface area (Å²) in [6.07, 6.45) is 0.881. The quantitative estimate of drug-likeness (QED) is 0.745. The highest BCUT2D eigenvalue weighted by Gasteiger charge is 2.14. The lowest BCUT2D eigenvalue weighted by Gasteiger charge is -2.17. The molecule has 1 N–H and O–H groups in total. The summed E-state index contributed by atoms with van der Waals surface area (Å²) < 4.78 is 1.90. The van der Waals surface area contributed by atoms with Gasteiger partial charge in [-0.05, 0) is 25.9 Å². The number of nitrogens with zero attached hydrogens (tertiary/aromatic N) is 3. The smallest absolute Gasteiger partial charge is 0.0863 e. The third-order valence-electron chi connectivity index (χ3n) is 3.15. The number of hydrogen-bond donors (Lipinski definition) is 1. The van der Waals surface area contributed by atoms with Crippen molar-refractivity contribution < 1.29 is 0 Å². The summed E-state index contributed by atoms with van der Waals surface area (Å²) in [6, 6.07) is 0. The summed E-state index contributed by atoms with van der Waals surface area (Å²) in [4.78, 5) is 2.27. The minimum atomic E-state index is 0.698. The van der Waals surface area contributed by atoms with Crippen LogP contribution in [-0.2, 0) is 20.0 Å². The van der Waals surface area contributed by atoms with Crippen molar-refractivity contribution in [2.75, 3.05) is 26.7 Å². The van der Waals surface area contributed by atoms with Crippen LogP contribution in [0.4, 0.5) is 0 Å². The summed E-state index contributed by atoms with van der Waals surface area (Å²) in [5.41, 5.74) is 2.09. The van der Waals surface area contributed by atoms with E-state index in [1.165, 1.54) is 0 Å². The normalized spacial score (nSPS) is 11.8. The molecule has 0 atom stereocenters. The Morgan fingerprint density at radius 2 is 2.11 bits per heavy atom. The van der Waals surface area contributed by atoms with Gasteiger partial charge >= 0.3 is 0 Å². The van der Waals surface area contributed by atoms with Crippen molar-refractivity contribution in [3.8, 4) is 0 Å². The van der Waals surface area contributed by atoms with Gasteiger partial charge in [0.1, 0.15) is 0 Å². The van der Waals surface area contributed by atoms with Gasteiger partial charge in [-0.15, -0.1) is 0 Å². The molecular weight excluding hydrogens is 260 g/mol. The van der Waals surface area contributed by atoms with E-state index in [-0.39, 0.29) is 0 Å². The number of likely N-dealkylation sites (N-methyl/N-ethyl adjacent to an activating group) is 1. The molecule has 0 saturated heterocycles. The lowest BCUT2D eigenvalue weighted by atomic mass is 10.2. The van der Waals surface area contributed by atoms with Gasteiger partial charge in [-0.1, -0.05) is 32.4 Å². The van der Waals surface area contributed by atoms with Crippen LogP contribution in [0.25, 0.3) is 0 Å². The molecule has 19 heavy (non-hydrogen) atoms. The highest BCUT2D eigenvalue weighted by Crippen LogP contribution is 2.21. The highest BCUT2D eigenvalue weighted by molar-refractivity contribution is 6.31. The van der Waals surface area contributed by atoms with Gasteiger partial charge in [0, 0.05) is 26.7 Å². The second kappa shape index (κ2) is 7.88. The Hall–Kier alpha value is -0.580. The van der Waals surface area contributed by atoms with E-state index in [0.717, 1.165) is 49.0 Å². The summed E-state index contributed by atoms with van der Waals surface area (Å²) in [5, 5.41) is 8.72. The van der Waals surface area contributed by atoms with Crippen molar-refractivity contribution in [1.29, 1.82) is 0 Å². The Labute approximate surface area is 122 Å². The summed E-state index contributed by atoms with van der Waals surface area (Å²) in [7, 11) is 4.08. The fraction of sp³-hybridized carbons (Fsp3) is 0.786. The molecule has 1 rings (SSSR count). The molecule has 4 nitrogen and oxygen atoms in total. The van der Waals surface area contributed by atoms with Crippen LogP contribution in [0.15, 0.2) is 0 Å². The predicted octanol–water partition coefficient (Wildman–Crippen LogP) is 2.31. The van der Waals surface area contributed by atoms with Crippen molar-refractivity contribution in [3.05, 3.63) is 16.4 Å². The molecule has 0 radical (unpaired) electrons. The summed E-state index contributed by atoms with van der Waals surface area (Å²) >= 11 is 6.35. The SMILES string of the molecule is CCc1nn(C)c(CN(C)CCNCC(C)C)c1Cl. The number of hydrogen-bond acceptors (Lipinski definition) is 3. The molecule has 0 aliphatic rings. The fourth-order valence-electron chi connectivity index (χ4n) is 1.99. The van der Waals surface area contributed by atoms with Crippen molar-refractivity contribution in [2.24, 2.45) is 13.0 Å². The maximum absolute atomic E-state index is 6.35. The number of aryl methyl sites for hydroxylation is 2. The van der Waals surface area contributed by atoms with E-state index < -0.39 is 0 Å². The Morgan fingerprint density at radius 1 is 1.42 bits per heavy atom. The van der Waals surface area contributed by atoms with Gasteiger partial charge in [0.25, 0.3) is 0 Å². The van der Waals surface area contributed by atoms with Crippen LogP contribution in [0.1, 0.15) is 32.2 Å². The van der Waals surface area contributed by atoms with E-state index in [4.69, 9.17) is 11.6 Å². The van der Waals surface area contributed by atoms with Gasteiger partial charge in [-0.2, -0.15) is 5.10 Å². The molecule has 0 amide bonds. The zero-order chi connectivity index (χ0) is 14.4. The molecular formula is C14H27ClN4. The van der Waals surface area contributed by atoms with Crippen molar-refractivity contribution in [2.45, 2.75) is 33.7 Å². The average molecular weight is 287 g/mol. The predicted molar refractivity (Wildman–Crippen MR) is 81.6 cm³/mol. The van der Waals surface area contributed by atoms with Crippen LogP contribution in [0.2, 0.25) is 5.02 Å². The molecule has 0 spiro atoms. The Balaban J connectivity index is 2.44. The maximum atomic E-state index is 6.35. The van der Waals surface area contributed by atoms with Crippen LogP contribution < -0.4 is 5.32 Å². The Bertz CT molecular complexity index is 387. The first-order valence-electron chi connectivity index (χ1n) is 7.05. The van der Waals surface area contributed by atoms with E-state index in [9.17, 15) is 0 Å². The number of aromatic nitrogens is 2. The van der Waals surface area contributed by atoms with Crippen LogP contribution >= 0.6 is 11.6 Å². The standard InChI is InChI=1S/C14H27ClN4/c1-6-12-14(15)13(19(5)17-12)10-18(4)8-7-16-9-11(2)3/h11,16H,6-10H2,1-5H3. The molecule has 1 heterocycles. The molecule has 5 heteroatoms. The topological polar surface area (TPSA) is 33.1 Å². The van der Waals surface area contributed by atoms with Gasteiger partial charge in [-0.3, -0.25) is 9.58 Å². The van der Waals surface area contributed by atoms with Crippen LogP contribution in [0.3, 0.4) is 0 Å². The first kappa shape index (κ1) is 16.5. The minimum absolute atomic E-state index is 0.698. The lowest BCUT2D eigenvalue weighted by molar-refractivity contribution is 0.313. The van der Waals surface area contributed by atoms with Crippen LogP contribution in [-0.4, -0.2) is 41.4 Å². The number of rotatable bonds is 8. The zero-order valence-corrected chi connectivity index (χ0v) is 13.6. The molecule has 0 aliphatic heterocycles. The second-order valence-corrected chi connectivity index (χ2v) is 5.90. The first-order chi connectivity index (χ1) is 8.95. The molecule has 0 saturated carbocycles. The van der Waals surface area contributed by atoms with E-state index in [1.807, 2.05) is 11.7 Å². The molecule has 0 fully saturated rings. The van der Waals surface area contributed by atoms with E-state index in [1.54, 1.807) is 0 Å². The van der Waals surface area contributed by atoms with Gasteiger partial charge in [0.05, 0.1) is 16.4 Å². The first-order valence-corrected chi connectivity index (χ1v) is 7.43. The average Bonchev–Trinajstić information content (AvgIpc) is 2.62. The lowest BCUT2D eigenvalue weighted by Crippen LogP contribution is -2.31. The molecule has 0 aliphatic carbocycles. The number of halogens is 1. The van der Waals surface area contributed by atoms with Gasteiger partial charge < -0.3 is 5.32 Å². The molecule has 0 aromatic carbocycles. The minimum Gasteiger partial charge on any atom is -0.315 e.